The summed E-state index contributed by atoms with van der Waals surface area (Å²) in [5, 5.41) is 0. The van der Waals surface area contributed by atoms with Gasteiger partial charge >= 0.3 is 0 Å². The van der Waals surface area contributed by atoms with Gasteiger partial charge in [-0.15, -0.1) is 0 Å². The van der Waals surface area contributed by atoms with Gasteiger partial charge in [0.15, 0.2) is 0 Å². The van der Waals surface area contributed by atoms with Crippen molar-refractivity contribution < 1.29 is 4.74 Å². The van der Waals surface area contributed by atoms with Crippen molar-refractivity contribution in [2.75, 3.05) is 6.61 Å². The van der Waals surface area contributed by atoms with E-state index in [1.165, 1.54) is 40.0 Å². The molecule has 1 aliphatic heterocycles. The number of hydrogen-bond donors (Lipinski definition) is 0. The molecule has 0 saturated carbocycles. The molecule has 0 aromatic heterocycles. The van der Waals surface area contributed by atoms with E-state index in [2.05, 4.69) is 60.7 Å². The number of benzene rings is 2. The summed E-state index contributed by atoms with van der Waals surface area (Å²) in [7, 11) is 0. The lowest BCUT2D eigenvalue weighted by molar-refractivity contribution is 0.256. The second kappa shape index (κ2) is 4.36. The van der Waals surface area contributed by atoms with Crippen LogP contribution in [0.5, 0.6) is 0 Å². The fourth-order valence-corrected chi connectivity index (χ4v) is 4.28. The molecule has 2 aromatic carbocycles. The van der Waals surface area contributed by atoms with Crippen molar-refractivity contribution in [1.82, 2.24) is 0 Å². The van der Waals surface area contributed by atoms with Crippen molar-refractivity contribution in [3.05, 3.63) is 77.6 Å². The molecule has 0 radical (unpaired) electrons. The predicted octanol–water partition coefficient (Wildman–Crippen LogP) is 5.18. The first-order chi connectivity index (χ1) is 10.9. The number of rotatable bonds is 1. The second-order valence-corrected chi connectivity index (χ2v) is 6.51. The van der Waals surface area contributed by atoms with Crippen LogP contribution in [-0.2, 0) is 4.74 Å². The van der Waals surface area contributed by atoms with E-state index in [0.29, 0.717) is 0 Å². The molecule has 2 aliphatic carbocycles. The zero-order valence-corrected chi connectivity index (χ0v) is 12.5. The van der Waals surface area contributed by atoms with Gasteiger partial charge in [-0.1, -0.05) is 54.6 Å². The Morgan fingerprint density at radius 3 is 2.14 bits per heavy atom. The van der Waals surface area contributed by atoms with E-state index in [0.717, 1.165) is 19.4 Å². The third kappa shape index (κ3) is 1.54. The molecule has 0 amide bonds. The third-order valence-corrected chi connectivity index (χ3v) is 5.36. The molecular formula is C21H18O. The number of hydrogen-bond acceptors (Lipinski definition) is 1. The molecule has 1 heteroatoms. The minimum atomic E-state index is 0.139. The van der Waals surface area contributed by atoms with Crippen molar-refractivity contribution >= 4 is 5.57 Å². The van der Waals surface area contributed by atoms with E-state index in [-0.39, 0.29) is 5.41 Å². The summed E-state index contributed by atoms with van der Waals surface area (Å²) in [4.78, 5) is 0. The molecule has 3 aliphatic rings. The first kappa shape index (κ1) is 12.3. The SMILES string of the molecule is C(=C1c2ccccc2-c2ccccc21)C12CCC=C1OCC2. The summed E-state index contributed by atoms with van der Waals surface area (Å²) < 4.78 is 5.88. The van der Waals surface area contributed by atoms with Crippen molar-refractivity contribution in [3.63, 3.8) is 0 Å². The van der Waals surface area contributed by atoms with E-state index in [9.17, 15) is 0 Å². The molecule has 1 atom stereocenters. The third-order valence-electron chi connectivity index (χ3n) is 5.36. The Kier molecular flexibility index (Phi) is 2.43. The van der Waals surface area contributed by atoms with E-state index in [1.807, 2.05) is 0 Å². The van der Waals surface area contributed by atoms with Crippen LogP contribution in [0.3, 0.4) is 0 Å². The highest BCUT2D eigenvalue weighted by Gasteiger charge is 2.42. The van der Waals surface area contributed by atoms with Crippen LogP contribution in [0.4, 0.5) is 0 Å². The summed E-state index contributed by atoms with van der Waals surface area (Å²) in [5.41, 5.74) is 7.00. The molecule has 1 unspecified atom stereocenters. The van der Waals surface area contributed by atoms with E-state index in [1.54, 1.807) is 0 Å². The van der Waals surface area contributed by atoms with Crippen molar-refractivity contribution in [3.8, 4) is 11.1 Å². The van der Waals surface area contributed by atoms with Gasteiger partial charge in [0.25, 0.3) is 0 Å². The Morgan fingerprint density at radius 1 is 0.818 bits per heavy atom. The largest absolute Gasteiger partial charge is 0.497 e. The van der Waals surface area contributed by atoms with Gasteiger partial charge in [-0.2, -0.15) is 0 Å². The van der Waals surface area contributed by atoms with Gasteiger partial charge in [-0.05, 0) is 53.2 Å². The molecule has 1 heterocycles. The summed E-state index contributed by atoms with van der Waals surface area (Å²) in [6.45, 7) is 0.860. The van der Waals surface area contributed by atoms with Gasteiger partial charge in [-0.25, -0.2) is 0 Å². The number of fused-ring (bicyclic) bond motifs is 4. The van der Waals surface area contributed by atoms with E-state index < -0.39 is 0 Å². The van der Waals surface area contributed by atoms with Crippen molar-refractivity contribution in [1.29, 1.82) is 0 Å². The standard InChI is InChI=1S/C21H18O/c1-3-8-17-15(6-1)16-7-2-4-9-18(16)19(17)14-21-11-5-10-20(21)22-13-12-21/h1-4,6-10,14H,5,11-13H2. The van der Waals surface area contributed by atoms with Gasteiger partial charge < -0.3 is 4.74 Å². The monoisotopic (exact) mass is 286 g/mol. The summed E-state index contributed by atoms with van der Waals surface area (Å²) in [6.07, 6.45) is 8.24. The Bertz CT molecular complexity index is 780. The maximum absolute atomic E-state index is 5.88. The normalized spacial score (nSPS) is 24.4. The highest BCUT2D eigenvalue weighted by molar-refractivity contribution is 6.01. The minimum Gasteiger partial charge on any atom is -0.497 e. The molecule has 0 spiro atoms. The van der Waals surface area contributed by atoms with E-state index in [4.69, 9.17) is 4.74 Å². The van der Waals surface area contributed by atoms with Gasteiger partial charge in [0.1, 0.15) is 5.76 Å². The fraction of sp³-hybridized carbons (Fsp3) is 0.238. The van der Waals surface area contributed by atoms with Crippen LogP contribution in [0.15, 0.2) is 66.4 Å². The molecular weight excluding hydrogens is 268 g/mol. The van der Waals surface area contributed by atoms with E-state index >= 15 is 0 Å². The number of ether oxygens (including phenoxy) is 1. The van der Waals surface area contributed by atoms with Gasteiger partial charge in [0, 0.05) is 5.41 Å². The summed E-state index contributed by atoms with van der Waals surface area (Å²) >= 11 is 0. The Labute approximate surface area is 130 Å². The smallest absolute Gasteiger partial charge is 0.102 e. The molecule has 22 heavy (non-hydrogen) atoms. The Hall–Kier alpha value is -2.28. The number of allylic oxidation sites excluding steroid dienone is 2. The summed E-state index contributed by atoms with van der Waals surface area (Å²) in [5.74, 6) is 1.21. The van der Waals surface area contributed by atoms with Crippen LogP contribution >= 0.6 is 0 Å². The quantitative estimate of drug-likeness (QED) is 0.598. The van der Waals surface area contributed by atoms with Crippen LogP contribution in [0.2, 0.25) is 0 Å². The molecule has 108 valence electrons. The van der Waals surface area contributed by atoms with Crippen LogP contribution in [0, 0.1) is 5.41 Å². The van der Waals surface area contributed by atoms with Crippen molar-refractivity contribution in [2.45, 2.75) is 19.3 Å². The second-order valence-electron chi connectivity index (χ2n) is 6.51. The Balaban J connectivity index is 1.75. The maximum atomic E-state index is 5.88. The average molecular weight is 286 g/mol. The summed E-state index contributed by atoms with van der Waals surface area (Å²) in [6, 6.07) is 17.6. The first-order valence-corrected chi connectivity index (χ1v) is 8.13. The minimum absolute atomic E-state index is 0.139. The molecule has 0 bridgehead atoms. The molecule has 2 aromatic rings. The van der Waals surface area contributed by atoms with Crippen molar-refractivity contribution in [2.24, 2.45) is 5.41 Å². The zero-order chi connectivity index (χ0) is 14.6. The molecule has 5 rings (SSSR count). The Morgan fingerprint density at radius 2 is 1.45 bits per heavy atom. The van der Waals surface area contributed by atoms with Gasteiger partial charge in [-0.3, -0.25) is 0 Å². The average Bonchev–Trinajstić information content (AvgIpc) is 3.20. The van der Waals surface area contributed by atoms with Crippen LogP contribution in [-0.4, -0.2) is 6.61 Å². The highest BCUT2D eigenvalue weighted by atomic mass is 16.5. The molecule has 1 fully saturated rings. The maximum Gasteiger partial charge on any atom is 0.102 e. The van der Waals surface area contributed by atoms with Crippen LogP contribution < -0.4 is 0 Å². The van der Waals surface area contributed by atoms with Crippen LogP contribution in [0.25, 0.3) is 16.7 Å². The molecule has 1 saturated heterocycles. The first-order valence-electron chi connectivity index (χ1n) is 8.13. The molecule has 0 N–H and O–H groups in total. The predicted molar refractivity (Wildman–Crippen MR) is 89.3 cm³/mol. The van der Waals surface area contributed by atoms with Crippen LogP contribution in [0.1, 0.15) is 30.4 Å². The molecule has 1 nitrogen and oxygen atoms in total. The zero-order valence-electron chi connectivity index (χ0n) is 12.5. The highest BCUT2D eigenvalue weighted by Crippen LogP contribution is 2.53. The van der Waals surface area contributed by atoms with Gasteiger partial charge in [0.2, 0.25) is 0 Å². The lowest BCUT2D eigenvalue weighted by Gasteiger charge is -2.21. The topological polar surface area (TPSA) is 9.23 Å². The fourth-order valence-electron chi connectivity index (χ4n) is 4.28. The lowest BCUT2D eigenvalue weighted by atomic mass is 9.81. The van der Waals surface area contributed by atoms with Gasteiger partial charge in [0.05, 0.1) is 6.61 Å². The lowest BCUT2D eigenvalue weighted by Crippen LogP contribution is -2.12.